The molecule has 0 aliphatic rings. The topological polar surface area (TPSA) is 42.0 Å². The van der Waals surface area contributed by atoms with Crippen molar-refractivity contribution in [3.63, 3.8) is 0 Å². The zero-order valence-corrected chi connectivity index (χ0v) is 11.3. The number of nitrogens with one attached hydrogen (secondary N) is 1. The largest absolute Gasteiger partial charge is 0.311 e. The second-order valence-electron chi connectivity index (χ2n) is 3.84. The molecule has 18 heavy (non-hydrogen) atoms. The van der Waals surface area contributed by atoms with E-state index >= 15 is 0 Å². The molecule has 2 rings (SSSR count). The Labute approximate surface area is 115 Å². The van der Waals surface area contributed by atoms with Crippen molar-refractivity contribution in [1.29, 1.82) is 0 Å². The minimum atomic E-state index is -0.0126. The molecule has 2 aromatic heterocycles. The highest BCUT2D eigenvalue weighted by molar-refractivity contribution is 7.09. The number of aromatic nitrogens is 1. The summed E-state index contributed by atoms with van der Waals surface area (Å²) in [7, 11) is 0. The molecule has 0 saturated carbocycles. The predicted molar refractivity (Wildman–Crippen MR) is 75.1 cm³/mol. The van der Waals surface area contributed by atoms with Crippen LogP contribution < -0.4 is 5.32 Å². The molecule has 94 valence electrons. The van der Waals surface area contributed by atoms with Gasteiger partial charge in [0.15, 0.2) is 0 Å². The van der Waals surface area contributed by atoms with E-state index in [9.17, 15) is 4.79 Å². The van der Waals surface area contributed by atoms with Crippen LogP contribution in [0.4, 0.5) is 5.82 Å². The predicted octanol–water partition coefficient (Wildman–Crippen LogP) is 3.76. The third kappa shape index (κ3) is 4.13. The van der Waals surface area contributed by atoms with E-state index in [2.05, 4.69) is 16.4 Å². The van der Waals surface area contributed by atoms with Crippen molar-refractivity contribution >= 4 is 34.7 Å². The van der Waals surface area contributed by atoms with Crippen molar-refractivity contribution in [1.82, 2.24) is 4.98 Å². The van der Waals surface area contributed by atoms with Crippen molar-refractivity contribution in [2.75, 3.05) is 5.32 Å². The first-order valence-electron chi connectivity index (χ1n) is 5.68. The van der Waals surface area contributed by atoms with Crippen LogP contribution >= 0.6 is 22.9 Å². The highest BCUT2D eigenvalue weighted by atomic mass is 35.5. The minimum Gasteiger partial charge on any atom is -0.311 e. The highest BCUT2D eigenvalue weighted by Gasteiger charge is 2.03. The van der Waals surface area contributed by atoms with Crippen molar-refractivity contribution in [3.8, 4) is 0 Å². The van der Waals surface area contributed by atoms with Crippen LogP contribution in [0.3, 0.4) is 0 Å². The Balaban J connectivity index is 1.73. The van der Waals surface area contributed by atoms with Crippen LogP contribution in [0, 0.1) is 0 Å². The second kappa shape index (κ2) is 6.52. The standard InChI is InChI=1S/C13H13ClN2OS/c14-10-6-7-12(15-9-10)16-13(17)5-1-3-11-4-2-8-18-11/h2,4,6-9H,1,3,5H2,(H,15,16,17). The first kappa shape index (κ1) is 13.1. The summed E-state index contributed by atoms with van der Waals surface area (Å²) in [5.41, 5.74) is 0. The highest BCUT2D eigenvalue weighted by Crippen LogP contribution is 2.13. The van der Waals surface area contributed by atoms with Gasteiger partial charge in [0.2, 0.25) is 5.91 Å². The third-order valence-electron chi connectivity index (χ3n) is 2.40. The molecule has 0 aromatic carbocycles. The normalized spacial score (nSPS) is 10.3. The maximum atomic E-state index is 11.6. The maximum Gasteiger partial charge on any atom is 0.225 e. The number of nitrogens with zero attached hydrogens (tertiary/aromatic N) is 1. The minimum absolute atomic E-state index is 0.0126. The smallest absolute Gasteiger partial charge is 0.225 e. The van der Waals surface area contributed by atoms with Crippen LogP contribution in [0.2, 0.25) is 5.02 Å². The van der Waals surface area contributed by atoms with E-state index in [0.29, 0.717) is 17.3 Å². The zero-order valence-electron chi connectivity index (χ0n) is 9.73. The van der Waals surface area contributed by atoms with Crippen molar-refractivity contribution in [3.05, 3.63) is 45.7 Å². The van der Waals surface area contributed by atoms with Crippen LogP contribution in [0.5, 0.6) is 0 Å². The molecule has 2 heterocycles. The Hall–Kier alpha value is -1.39. The quantitative estimate of drug-likeness (QED) is 0.906. The van der Waals surface area contributed by atoms with Gasteiger partial charge in [0.1, 0.15) is 5.82 Å². The average Bonchev–Trinajstić information content (AvgIpc) is 2.85. The molecule has 1 amide bonds. The Morgan fingerprint density at radius 2 is 2.28 bits per heavy atom. The lowest BCUT2D eigenvalue weighted by Crippen LogP contribution is -2.12. The summed E-state index contributed by atoms with van der Waals surface area (Å²) in [6.07, 6.45) is 3.81. The molecule has 5 heteroatoms. The van der Waals surface area contributed by atoms with E-state index in [1.807, 2.05) is 11.4 Å². The van der Waals surface area contributed by atoms with Gasteiger partial charge in [-0.3, -0.25) is 4.79 Å². The van der Waals surface area contributed by atoms with Crippen LogP contribution in [0.25, 0.3) is 0 Å². The van der Waals surface area contributed by atoms with Gasteiger partial charge in [-0.05, 0) is 36.4 Å². The molecular formula is C13H13ClN2OS. The maximum absolute atomic E-state index is 11.6. The van der Waals surface area contributed by atoms with Gasteiger partial charge in [-0.2, -0.15) is 0 Å². The molecule has 2 aromatic rings. The van der Waals surface area contributed by atoms with Crippen LogP contribution in [0.15, 0.2) is 35.8 Å². The van der Waals surface area contributed by atoms with Crippen LogP contribution in [-0.4, -0.2) is 10.9 Å². The molecule has 0 saturated heterocycles. The van der Waals surface area contributed by atoms with Gasteiger partial charge >= 0.3 is 0 Å². The number of hydrogen-bond donors (Lipinski definition) is 1. The third-order valence-corrected chi connectivity index (χ3v) is 3.56. The fourth-order valence-electron chi connectivity index (χ4n) is 1.53. The van der Waals surface area contributed by atoms with Gasteiger partial charge in [0.25, 0.3) is 0 Å². The molecule has 0 fully saturated rings. The summed E-state index contributed by atoms with van der Waals surface area (Å²) in [5.74, 6) is 0.530. The van der Waals surface area contributed by atoms with Crippen molar-refractivity contribution in [2.24, 2.45) is 0 Å². The molecule has 0 aliphatic heterocycles. The Morgan fingerprint density at radius 3 is 2.94 bits per heavy atom. The average molecular weight is 281 g/mol. The first-order valence-corrected chi connectivity index (χ1v) is 6.93. The summed E-state index contributed by atoms with van der Waals surface area (Å²) in [6, 6.07) is 7.51. The molecule has 0 aliphatic carbocycles. The molecule has 3 nitrogen and oxygen atoms in total. The van der Waals surface area contributed by atoms with Crippen molar-refractivity contribution < 1.29 is 4.79 Å². The number of thiophene rings is 1. The van der Waals surface area contributed by atoms with E-state index in [1.54, 1.807) is 23.5 Å². The van der Waals surface area contributed by atoms with Crippen LogP contribution in [0.1, 0.15) is 17.7 Å². The summed E-state index contributed by atoms with van der Waals surface area (Å²) >= 11 is 7.44. The van der Waals surface area contributed by atoms with E-state index in [0.717, 1.165) is 12.8 Å². The fourth-order valence-corrected chi connectivity index (χ4v) is 2.40. The number of rotatable bonds is 5. The van der Waals surface area contributed by atoms with Gasteiger partial charge in [-0.1, -0.05) is 17.7 Å². The van der Waals surface area contributed by atoms with Crippen LogP contribution in [-0.2, 0) is 11.2 Å². The molecule has 0 bridgehead atoms. The molecule has 0 radical (unpaired) electrons. The fraction of sp³-hybridized carbons (Fsp3) is 0.231. The Bertz CT molecular complexity index is 496. The van der Waals surface area contributed by atoms with Gasteiger partial charge in [0, 0.05) is 17.5 Å². The van der Waals surface area contributed by atoms with Gasteiger partial charge in [0.05, 0.1) is 5.02 Å². The number of pyridine rings is 1. The number of halogens is 1. The number of carbonyl (C=O) groups excluding carboxylic acids is 1. The van der Waals surface area contributed by atoms with E-state index < -0.39 is 0 Å². The lowest BCUT2D eigenvalue weighted by Gasteiger charge is -2.03. The summed E-state index contributed by atoms with van der Waals surface area (Å²) in [6.45, 7) is 0. The Kier molecular flexibility index (Phi) is 4.73. The number of anilines is 1. The molecule has 0 spiro atoms. The van der Waals surface area contributed by atoms with Crippen molar-refractivity contribution in [2.45, 2.75) is 19.3 Å². The lowest BCUT2D eigenvalue weighted by molar-refractivity contribution is -0.116. The number of amides is 1. The van der Waals surface area contributed by atoms with E-state index in [-0.39, 0.29) is 5.91 Å². The second-order valence-corrected chi connectivity index (χ2v) is 5.31. The Morgan fingerprint density at radius 1 is 1.39 bits per heavy atom. The summed E-state index contributed by atoms with van der Waals surface area (Å²) in [4.78, 5) is 17.0. The van der Waals surface area contributed by atoms with Gasteiger partial charge < -0.3 is 5.32 Å². The summed E-state index contributed by atoms with van der Waals surface area (Å²) in [5, 5.41) is 5.35. The lowest BCUT2D eigenvalue weighted by atomic mass is 10.2. The molecule has 0 atom stereocenters. The number of hydrogen-bond acceptors (Lipinski definition) is 3. The van der Waals surface area contributed by atoms with Gasteiger partial charge in [-0.25, -0.2) is 4.98 Å². The number of aryl methyl sites for hydroxylation is 1. The SMILES string of the molecule is O=C(CCCc1cccs1)Nc1ccc(Cl)cn1. The van der Waals surface area contributed by atoms with E-state index in [4.69, 9.17) is 11.6 Å². The first-order chi connectivity index (χ1) is 8.74. The zero-order chi connectivity index (χ0) is 12.8. The molecular weight excluding hydrogens is 268 g/mol. The molecule has 1 N–H and O–H groups in total. The molecule has 0 unspecified atom stereocenters. The number of carbonyl (C=O) groups is 1. The summed E-state index contributed by atoms with van der Waals surface area (Å²) < 4.78 is 0. The van der Waals surface area contributed by atoms with Gasteiger partial charge in [-0.15, -0.1) is 11.3 Å². The van der Waals surface area contributed by atoms with E-state index in [1.165, 1.54) is 11.1 Å². The monoisotopic (exact) mass is 280 g/mol.